The molecule has 2 aromatic rings. The number of hydrogen-bond acceptors (Lipinski definition) is 2. The highest BCUT2D eigenvalue weighted by Gasteiger charge is 2.04. The molecule has 122 valence electrons. The number of benzene rings is 2. The van der Waals surface area contributed by atoms with Crippen molar-refractivity contribution in [3.63, 3.8) is 0 Å². The number of phenols is 1. The van der Waals surface area contributed by atoms with Gasteiger partial charge in [0, 0.05) is 18.7 Å². The molecule has 0 aliphatic heterocycles. The van der Waals surface area contributed by atoms with Gasteiger partial charge in [0.25, 0.3) is 0 Å². The molecule has 0 aliphatic rings. The molecule has 0 radical (unpaired) electrons. The van der Waals surface area contributed by atoms with Crippen LogP contribution in [0.2, 0.25) is 0 Å². The molecular weight excluding hydrogens is 300 g/mol. The molecule has 0 fully saturated rings. The maximum absolute atomic E-state index is 13.6. The Morgan fingerprint density at radius 3 is 2.57 bits per heavy atom. The molecule has 0 spiro atoms. The van der Waals surface area contributed by atoms with E-state index in [4.69, 9.17) is 0 Å². The Bertz CT molecular complexity index is 689. The zero-order valence-corrected chi connectivity index (χ0v) is 12.8. The molecule has 0 saturated carbocycles. The molecule has 0 bridgehead atoms. The Morgan fingerprint density at radius 1 is 1.09 bits per heavy atom. The van der Waals surface area contributed by atoms with Gasteiger partial charge in [-0.15, -0.1) is 0 Å². The normalized spacial score (nSPS) is 11.3. The van der Waals surface area contributed by atoms with Crippen LogP contribution in [0.1, 0.15) is 18.1 Å². The second-order valence-corrected chi connectivity index (χ2v) is 4.93. The first-order valence-electron chi connectivity index (χ1n) is 7.33. The van der Waals surface area contributed by atoms with Crippen molar-refractivity contribution >= 4 is 5.96 Å². The van der Waals surface area contributed by atoms with E-state index in [-0.39, 0.29) is 18.1 Å². The fourth-order valence-corrected chi connectivity index (χ4v) is 1.98. The predicted octanol–water partition coefficient (Wildman–Crippen LogP) is 2.93. The van der Waals surface area contributed by atoms with Crippen LogP contribution in [-0.2, 0) is 13.1 Å². The van der Waals surface area contributed by atoms with Gasteiger partial charge in [-0.1, -0.05) is 24.3 Å². The highest BCUT2D eigenvalue weighted by molar-refractivity contribution is 5.79. The average Bonchev–Trinajstić information content (AvgIpc) is 2.54. The number of nitrogens with one attached hydrogen (secondary N) is 2. The monoisotopic (exact) mass is 319 g/mol. The Kier molecular flexibility index (Phi) is 5.91. The van der Waals surface area contributed by atoms with E-state index >= 15 is 0 Å². The van der Waals surface area contributed by atoms with E-state index in [1.54, 1.807) is 24.3 Å². The van der Waals surface area contributed by atoms with Gasteiger partial charge in [-0.2, -0.15) is 0 Å². The Hall–Kier alpha value is -2.63. The number of aliphatic imine (C=N–C) groups is 1. The fourth-order valence-electron chi connectivity index (χ4n) is 1.98. The Morgan fingerprint density at radius 2 is 1.87 bits per heavy atom. The van der Waals surface area contributed by atoms with Gasteiger partial charge < -0.3 is 15.7 Å². The molecule has 3 N–H and O–H groups in total. The highest BCUT2D eigenvalue weighted by atomic mass is 19.1. The van der Waals surface area contributed by atoms with Crippen molar-refractivity contribution in [2.75, 3.05) is 6.54 Å². The van der Waals surface area contributed by atoms with Crippen molar-refractivity contribution in [3.8, 4) is 5.75 Å². The number of rotatable bonds is 5. The van der Waals surface area contributed by atoms with E-state index in [0.29, 0.717) is 30.2 Å². The van der Waals surface area contributed by atoms with Gasteiger partial charge in [0.05, 0.1) is 6.54 Å². The molecule has 0 unspecified atom stereocenters. The van der Waals surface area contributed by atoms with Crippen molar-refractivity contribution in [1.82, 2.24) is 10.6 Å². The first-order valence-corrected chi connectivity index (χ1v) is 7.33. The summed E-state index contributed by atoms with van der Waals surface area (Å²) in [6.07, 6.45) is 0. The van der Waals surface area contributed by atoms with Crippen molar-refractivity contribution in [1.29, 1.82) is 0 Å². The van der Waals surface area contributed by atoms with Gasteiger partial charge >= 0.3 is 0 Å². The van der Waals surface area contributed by atoms with Crippen molar-refractivity contribution in [2.24, 2.45) is 4.99 Å². The van der Waals surface area contributed by atoms with E-state index in [1.165, 1.54) is 18.2 Å². The number of nitrogens with zero attached hydrogens (tertiary/aromatic N) is 1. The van der Waals surface area contributed by atoms with Crippen molar-refractivity contribution in [2.45, 2.75) is 20.0 Å². The minimum Gasteiger partial charge on any atom is -0.505 e. The molecule has 0 aromatic heterocycles. The average molecular weight is 319 g/mol. The van der Waals surface area contributed by atoms with Crippen LogP contribution in [0, 0.1) is 11.6 Å². The fraction of sp³-hybridized carbons (Fsp3) is 0.235. The van der Waals surface area contributed by atoms with E-state index in [1.807, 2.05) is 6.92 Å². The third-order valence-electron chi connectivity index (χ3n) is 3.18. The first kappa shape index (κ1) is 16.7. The van der Waals surface area contributed by atoms with Crippen LogP contribution < -0.4 is 10.6 Å². The zero-order valence-electron chi connectivity index (χ0n) is 12.8. The lowest BCUT2D eigenvalue weighted by molar-refractivity contribution is 0.432. The summed E-state index contributed by atoms with van der Waals surface area (Å²) in [7, 11) is 0. The van der Waals surface area contributed by atoms with Gasteiger partial charge in [0.2, 0.25) is 0 Å². The molecule has 2 rings (SSSR count). The SMILES string of the molecule is CCNC(=NCc1ccc(O)c(F)c1)NCc1ccccc1F. The quantitative estimate of drug-likeness (QED) is 0.587. The first-order chi connectivity index (χ1) is 11.1. The Balaban J connectivity index is 2.02. The number of halogens is 2. The topological polar surface area (TPSA) is 56.7 Å². The van der Waals surface area contributed by atoms with Crippen LogP contribution >= 0.6 is 0 Å². The maximum Gasteiger partial charge on any atom is 0.191 e. The molecule has 4 nitrogen and oxygen atoms in total. The second kappa shape index (κ2) is 8.12. The molecule has 6 heteroatoms. The second-order valence-electron chi connectivity index (χ2n) is 4.93. The summed E-state index contributed by atoms with van der Waals surface area (Å²) >= 11 is 0. The van der Waals surface area contributed by atoms with Crippen LogP contribution in [0.3, 0.4) is 0 Å². The third-order valence-corrected chi connectivity index (χ3v) is 3.18. The maximum atomic E-state index is 13.6. The standard InChI is InChI=1S/C17H19F2N3O/c1-2-20-17(22-11-13-5-3-4-6-14(13)18)21-10-12-7-8-16(23)15(19)9-12/h3-9,23H,2,10-11H2,1H3,(H2,20,21,22). The van der Waals surface area contributed by atoms with Gasteiger partial charge in [-0.05, 0) is 30.7 Å². The van der Waals surface area contributed by atoms with E-state index in [0.717, 1.165) is 0 Å². The summed E-state index contributed by atoms with van der Waals surface area (Å²) in [6.45, 7) is 3.10. The lowest BCUT2D eigenvalue weighted by atomic mass is 10.2. The number of guanidine groups is 1. The number of hydrogen-bond donors (Lipinski definition) is 3. The van der Waals surface area contributed by atoms with Crippen LogP contribution in [-0.4, -0.2) is 17.6 Å². The molecule has 0 heterocycles. The molecular formula is C17H19F2N3O. The smallest absolute Gasteiger partial charge is 0.191 e. The molecule has 2 aromatic carbocycles. The van der Waals surface area contributed by atoms with Crippen LogP contribution in [0.5, 0.6) is 5.75 Å². The van der Waals surface area contributed by atoms with E-state index < -0.39 is 5.82 Å². The van der Waals surface area contributed by atoms with Crippen molar-refractivity contribution in [3.05, 3.63) is 65.2 Å². The zero-order chi connectivity index (χ0) is 16.7. The predicted molar refractivity (Wildman–Crippen MR) is 86.1 cm³/mol. The lowest BCUT2D eigenvalue weighted by Gasteiger charge is -2.12. The molecule has 0 atom stereocenters. The molecule has 23 heavy (non-hydrogen) atoms. The Labute approximate surface area is 133 Å². The van der Waals surface area contributed by atoms with Gasteiger partial charge in [-0.25, -0.2) is 13.8 Å². The van der Waals surface area contributed by atoms with Gasteiger partial charge in [0.15, 0.2) is 17.5 Å². The summed E-state index contributed by atoms with van der Waals surface area (Å²) in [5, 5.41) is 15.2. The minimum atomic E-state index is -0.679. The van der Waals surface area contributed by atoms with E-state index in [2.05, 4.69) is 15.6 Å². The lowest BCUT2D eigenvalue weighted by Crippen LogP contribution is -2.37. The third kappa shape index (κ3) is 4.95. The molecule has 0 saturated heterocycles. The summed E-state index contributed by atoms with van der Waals surface area (Å²) in [6, 6.07) is 10.6. The van der Waals surface area contributed by atoms with E-state index in [9.17, 15) is 13.9 Å². The summed E-state index contributed by atoms with van der Waals surface area (Å²) in [5.41, 5.74) is 1.16. The van der Waals surface area contributed by atoms with Gasteiger partial charge in [-0.3, -0.25) is 0 Å². The highest BCUT2D eigenvalue weighted by Crippen LogP contribution is 2.16. The number of aromatic hydroxyl groups is 1. The minimum absolute atomic E-state index is 0.240. The molecule has 0 amide bonds. The van der Waals surface area contributed by atoms with Crippen molar-refractivity contribution < 1.29 is 13.9 Å². The largest absolute Gasteiger partial charge is 0.505 e. The number of phenolic OH excluding ortho intramolecular Hbond substituents is 1. The molecule has 0 aliphatic carbocycles. The summed E-state index contributed by atoms with van der Waals surface area (Å²) < 4.78 is 26.9. The van der Waals surface area contributed by atoms with Crippen LogP contribution in [0.25, 0.3) is 0 Å². The summed E-state index contributed by atoms with van der Waals surface area (Å²) in [5.74, 6) is -0.843. The summed E-state index contributed by atoms with van der Waals surface area (Å²) in [4.78, 5) is 4.32. The van der Waals surface area contributed by atoms with Crippen LogP contribution in [0.15, 0.2) is 47.5 Å². The van der Waals surface area contributed by atoms with Gasteiger partial charge in [0.1, 0.15) is 5.82 Å². The van der Waals surface area contributed by atoms with Crippen LogP contribution in [0.4, 0.5) is 8.78 Å².